The van der Waals surface area contributed by atoms with Gasteiger partial charge in [-0.2, -0.15) is 5.26 Å². The van der Waals surface area contributed by atoms with E-state index < -0.39 is 12.1 Å². The van der Waals surface area contributed by atoms with E-state index in [0.29, 0.717) is 37.7 Å². The lowest BCUT2D eigenvalue weighted by molar-refractivity contribution is -0.129. The summed E-state index contributed by atoms with van der Waals surface area (Å²) in [6.07, 6.45) is -0.156. The molecular formula is C24H26N4O4. The highest BCUT2D eigenvalue weighted by Gasteiger charge is 2.25. The molecule has 2 heterocycles. The number of hydrogen-bond donors (Lipinski definition) is 2. The van der Waals surface area contributed by atoms with E-state index in [-0.39, 0.29) is 11.7 Å². The van der Waals surface area contributed by atoms with Gasteiger partial charge in [-0.05, 0) is 34.7 Å². The van der Waals surface area contributed by atoms with Crippen molar-refractivity contribution in [1.82, 2.24) is 15.2 Å². The number of nitrogens with one attached hydrogen (secondary N) is 2. The highest BCUT2D eigenvalue weighted by molar-refractivity contribution is 5.82. The van der Waals surface area contributed by atoms with Crippen LogP contribution in [0.4, 0.5) is 0 Å². The van der Waals surface area contributed by atoms with Gasteiger partial charge in [-0.3, -0.25) is 14.7 Å². The number of fused-ring (bicyclic) bond motifs is 1. The Morgan fingerprint density at radius 3 is 2.66 bits per heavy atom. The molecule has 1 aliphatic heterocycles. The number of hydrogen-bond acceptors (Lipinski definition) is 6. The number of ether oxygens (including phenoxy) is 1. The van der Waals surface area contributed by atoms with Gasteiger partial charge in [0.25, 0.3) is 5.91 Å². The SMILES string of the molecule is CC(C)Cn1c(=O)oc2ccc(-c3ccc(C[C@@H](C#N)NC(=O)[C@@H]4CNCO4)cc3)cc21. The zero-order valence-electron chi connectivity index (χ0n) is 18.1. The van der Waals surface area contributed by atoms with E-state index in [4.69, 9.17) is 9.15 Å². The van der Waals surface area contributed by atoms with Crippen molar-refractivity contribution in [2.24, 2.45) is 5.92 Å². The molecule has 1 amide bonds. The normalized spacial score (nSPS) is 16.9. The van der Waals surface area contributed by atoms with Gasteiger partial charge in [-0.15, -0.1) is 0 Å². The Morgan fingerprint density at radius 1 is 1.25 bits per heavy atom. The van der Waals surface area contributed by atoms with Gasteiger partial charge in [0.15, 0.2) is 5.58 Å². The minimum absolute atomic E-state index is 0.279. The molecule has 1 aromatic heterocycles. The second kappa shape index (κ2) is 9.39. The van der Waals surface area contributed by atoms with Gasteiger partial charge in [-0.25, -0.2) is 4.79 Å². The van der Waals surface area contributed by atoms with Gasteiger partial charge in [-0.1, -0.05) is 44.2 Å². The van der Waals surface area contributed by atoms with Crippen molar-refractivity contribution < 1.29 is 13.9 Å². The molecule has 8 heteroatoms. The smallest absolute Gasteiger partial charge is 0.408 e. The lowest BCUT2D eigenvalue weighted by Crippen LogP contribution is -2.43. The monoisotopic (exact) mass is 434 g/mol. The molecule has 0 aliphatic carbocycles. The second-order valence-corrected chi connectivity index (χ2v) is 8.40. The maximum absolute atomic E-state index is 12.2. The summed E-state index contributed by atoms with van der Waals surface area (Å²) < 4.78 is 12.3. The molecule has 4 rings (SSSR count). The Bertz CT molecular complexity index is 1200. The minimum atomic E-state index is -0.634. The van der Waals surface area contributed by atoms with E-state index in [0.717, 1.165) is 22.2 Å². The predicted octanol–water partition coefficient (Wildman–Crippen LogP) is 2.41. The van der Waals surface area contributed by atoms with Crippen LogP contribution < -0.4 is 16.4 Å². The zero-order chi connectivity index (χ0) is 22.7. The van der Waals surface area contributed by atoms with Crippen LogP contribution in [0, 0.1) is 17.2 Å². The van der Waals surface area contributed by atoms with E-state index >= 15 is 0 Å². The van der Waals surface area contributed by atoms with Crippen LogP contribution in [-0.2, 0) is 22.5 Å². The van der Waals surface area contributed by atoms with Crippen LogP contribution in [-0.4, -0.2) is 35.9 Å². The molecule has 0 saturated carbocycles. The van der Waals surface area contributed by atoms with Crippen molar-refractivity contribution in [2.75, 3.05) is 13.3 Å². The maximum Gasteiger partial charge on any atom is 0.419 e. The van der Waals surface area contributed by atoms with Crippen LogP contribution in [0.5, 0.6) is 0 Å². The number of amides is 1. The fraction of sp³-hybridized carbons (Fsp3) is 0.375. The molecular weight excluding hydrogens is 408 g/mol. The molecule has 2 aromatic carbocycles. The number of rotatable bonds is 7. The number of benzene rings is 2. The summed E-state index contributed by atoms with van der Waals surface area (Å²) in [4.78, 5) is 24.4. The van der Waals surface area contributed by atoms with Gasteiger partial charge in [0.05, 0.1) is 18.3 Å². The zero-order valence-corrected chi connectivity index (χ0v) is 18.1. The fourth-order valence-electron chi connectivity index (χ4n) is 3.82. The molecule has 0 unspecified atom stereocenters. The van der Waals surface area contributed by atoms with Gasteiger partial charge in [0, 0.05) is 19.5 Å². The van der Waals surface area contributed by atoms with Crippen molar-refractivity contribution in [3.8, 4) is 17.2 Å². The van der Waals surface area contributed by atoms with E-state index in [9.17, 15) is 14.9 Å². The van der Waals surface area contributed by atoms with E-state index in [1.807, 2.05) is 42.5 Å². The second-order valence-electron chi connectivity index (χ2n) is 8.40. The lowest BCUT2D eigenvalue weighted by Gasteiger charge is -2.15. The summed E-state index contributed by atoms with van der Waals surface area (Å²) >= 11 is 0. The summed E-state index contributed by atoms with van der Waals surface area (Å²) in [7, 11) is 0. The molecule has 0 radical (unpaired) electrons. The summed E-state index contributed by atoms with van der Waals surface area (Å²) in [6.45, 7) is 5.50. The number of carbonyl (C=O) groups excluding carboxylic acids is 1. The molecule has 1 aliphatic rings. The van der Waals surface area contributed by atoms with Crippen LogP contribution in [0.15, 0.2) is 51.7 Å². The molecule has 32 heavy (non-hydrogen) atoms. The molecule has 3 aromatic rings. The minimum Gasteiger partial charge on any atom is -0.408 e. The Labute approximate surface area is 185 Å². The number of nitriles is 1. The molecule has 8 nitrogen and oxygen atoms in total. The quantitative estimate of drug-likeness (QED) is 0.591. The number of oxazole rings is 1. The van der Waals surface area contributed by atoms with Crippen molar-refractivity contribution in [2.45, 2.75) is 39.0 Å². The Morgan fingerprint density at radius 2 is 2.00 bits per heavy atom. The maximum atomic E-state index is 12.2. The van der Waals surface area contributed by atoms with Crippen LogP contribution in [0.3, 0.4) is 0 Å². The first kappa shape index (κ1) is 21.8. The molecule has 0 bridgehead atoms. The standard InChI is InChI=1S/C24H26N4O4/c1-15(2)13-28-20-10-18(7-8-21(20)32-24(28)30)17-5-3-16(4-6-17)9-19(11-25)27-23(29)22-12-26-14-31-22/h3-8,10,15,19,22,26H,9,12-14H2,1-2H3,(H,27,29)/t19-,22-/m0/s1. The van der Waals surface area contributed by atoms with Crippen molar-refractivity contribution in [3.63, 3.8) is 0 Å². The first-order valence-electron chi connectivity index (χ1n) is 10.7. The first-order chi connectivity index (χ1) is 15.4. The topological polar surface area (TPSA) is 109 Å². The summed E-state index contributed by atoms with van der Waals surface area (Å²) in [5.41, 5.74) is 4.25. The third kappa shape index (κ3) is 4.74. The third-order valence-electron chi connectivity index (χ3n) is 5.42. The largest absolute Gasteiger partial charge is 0.419 e. The first-order valence-corrected chi connectivity index (χ1v) is 10.7. The molecule has 2 N–H and O–H groups in total. The highest BCUT2D eigenvalue weighted by Crippen LogP contribution is 2.25. The van der Waals surface area contributed by atoms with Gasteiger partial charge < -0.3 is 14.5 Å². The Balaban J connectivity index is 1.49. The van der Waals surface area contributed by atoms with Crippen LogP contribution in [0.2, 0.25) is 0 Å². The van der Waals surface area contributed by atoms with Gasteiger partial charge in [0.1, 0.15) is 12.1 Å². The van der Waals surface area contributed by atoms with Crippen molar-refractivity contribution in [3.05, 3.63) is 58.6 Å². The van der Waals surface area contributed by atoms with Crippen LogP contribution >= 0.6 is 0 Å². The predicted molar refractivity (Wildman–Crippen MR) is 120 cm³/mol. The van der Waals surface area contributed by atoms with E-state index in [1.165, 1.54) is 0 Å². The molecule has 1 fully saturated rings. The summed E-state index contributed by atoms with van der Waals surface area (Å²) in [5, 5.41) is 15.1. The summed E-state index contributed by atoms with van der Waals surface area (Å²) in [5.74, 6) is -0.301. The number of carbonyl (C=O) groups is 1. The summed E-state index contributed by atoms with van der Waals surface area (Å²) in [6, 6.07) is 15.1. The van der Waals surface area contributed by atoms with E-state index in [2.05, 4.69) is 30.6 Å². The number of nitrogens with zero attached hydrogens (tertiary/aromatic N) is 2. The molecule has 0 spiro atoms. The molecule has 1 saturated heterocycles. The Hall–Kier alpha value is -3.41. The van der Waals surface area contributed by atoms with Gasteiger partial charge >= 0.3 is 5.76 Å². The Kier molecular flexibility index (Phi) is 6.40. The average Bonchev–Trinajstić information content (AvgIpc) is 3.42. The fourth-order valence-corrected chi connectivity index (χ4v) is 3.82. The third-order valence-corrected chi connectivity index (χ3v) is 5.42. The average molecular weight is 434 g/mol. The molecule has 2 atom stereocenters. The van der Waals surface area contributed by atoms with E-state index in [1.54, 1.807) is 4.57 Å². The van der Waals surface area contributed by atoms with Crippen LogP contribution in [0.1, 0.15) is 19.4 Å². The van der Waals surface area contributed by atoms with Crippen LogP contribution in [0.25, 0.3) is 22.2 Å². The lowest BCUT2D eigenvalue weighted by atomic mass is 10.0. The van der Waals surface area contributed by atoms with Crippen molar-refractivity contribution >= 4 is 17.0 Å². The van der Waals surface area contributed by atoms with Crippen molar-refractivity contribution in [1.29, 1.82) is 5.26 Å². The number of aromatic nitrogens is 1. The molecule has 166 valence electrons. The van der Waals surface area contributed by atoms with Gasteiger partial charge in [0.2, 0.25) is 0 Å². The highest BCUT2D eigenvalue weighted by atomic mass is 16.5.